The van der Waals surface area contributed by atoms with Crippen molar-refractivity contribution in [2.75, 3.05) is 13.2 Å². The van der Waals surface area contributed by atoms with Crippen LogP contribution in [0, 0.1) is 23.2 Å². The van der Waals surface area contributed by atoms with Gasteiger partial charge in [-0.25, -0.2) is 0 Å². The third-order valence-corrected chi connectivity index (χ3v) is 7.43. The molecule has 4 aliphatic carbocycles. The molecule has 0 spiro atoms. The Morgan fingerprint density at radius 3 is 2.42 bits per heavy atom. The molecular formula is C24H27N5O2. The summed E-state index contributed by atoms with van der Waals surface area (Å²) in [5, 5.41) is 16.1. The minimum Gasteiger partial charge on any atom is -0.475 e. The van der Waals surface area contributed by atoms with E-state index in [-0.39, 0.29) is 11.3 Å². The first-order chi connectivity index (χ1) is 15.2. The molecule has 0 aliphatic heterocycles. The molecule has 4 saturated carbocycles. The molecule has 7 heteroatoms. The van der Waals surface area contributed by atoms with Crippen molar-refractivity contribution in [3.63, 3.8) is 0 Å². The second-order valence-electron chi connectivity index (χ2n) is 9.63. The van der Waals surface area contributed by atoms with Gasteiger partial charge in [0.1, 0.15) is 6.61 Å². The summed E-state index contributed by atoms with van der Waals surface area (Å²) >= 11 is 0. The molecule has 160 valence electrons. The Morgan fingerprint density at radius 2 is 1.71 bits per heavy atom. The summed E-state index contributed by atoms with van der Waals surface area (Å²) in [7, 11) is 0. The first kappa shape index (κ1) is 18.8. The predicted molar refractivity (Wildman–Crippen MR) is 115 cm³/mol. The Labute approximate surface area is 181 Å². The average Bonchev–Trinajstić information content (AvgIpc) is 3.19. The molecule has 2 heterocycles. The monoisotopic (exact) mass is 417 g/mol. The Kier molecular flexibility index (Phi) is 4.44. The number of ether oxygens (including phenoxy) is 1. The lowest BCUT2D eigenvalue weighted by Crippen LogP contribution is -2.54. The van der Waals surface area contributed by atoms with Crippen molar-refractivity contribution in [1.29, 1.82) is 0 Å². The highest BCUT2D eigenvalue weighted by Gasteiger charge is 2.54. The molecule has 1 N–H and O–H groups in total. The van der Waals surface area contributed by atoms with E-state index in [0.717, 1.165) is 42.6 Å². The second-order valence-corrected chi connectivity index (χ2v) is 9.63. The molecule has 3 aromatic rings. The summed E-state index contributed by atoms with van der Waals surface area (Å²) in [6, 6.07) is 13.5. The number of benzene rings is 1. The van der Waals surface area contributed by atoms with Gasteiger partial charge in [0.05, 0.1) is 6.54 Å². The summed E-state index contributed by atoms with van der Waals surface area (Å²) in [6.45, 7) is 0.882. The molecule has 0 saturated heterocycles. The number of amides is 1. The number of carbonyl (C=O) groups is 1. The van der Waals surface area contributed by atoms with Gasteiger partial charge in [0, 0.05) is 17.0 Å². The van der Waals surface area contributed by atoms with Crippen LogP contribution in [0.3, 0.4) is 0 Å². The van der Waals surface area contributed by atoms with E-state index < -0.39 is 0 Å². The Hall–Kier alpha value is -2.96. The zero-order valence-corrected chi connectivity index (χ0v) is 17.5. The number of carbonyl (C=O) groups excluding carboxylic acids is 1. The minimum atomic E-state index is -0.112. The molecule has 1 amide bonds. The maximum Gasteiger partial charge on any atom is 0.231 e. The van der Waals surface area contributed by atoms with Crippen LogP contribution in [0.25, 0.3) is 17.0 Å². The molecule has 0 radical (unpaired) electrons. The molecule has 7 rings (SSSR count). The third kappa shape index (κ3) is 3.36. The number of rotatable bonds is 6. The quantitative estimate of drug-likeness (QED) is 0.621. The zero-order valence-electron chi connectivity index (χ0n) is 17.5. The lowest BCUT2D eigenvalue weighted by molar-refractivity contribution is -0.146. The van der Waals surface area contributed by atoms with Crippen molar-refractivity contribution in [3.05, 3.63) is 42.5 Å². The van der Waals surface area contributed by atoms with Crippen molar-refractivity contribution >= 4 is 11.6 Å². The highest BCUT2D eigenvalue weighted by molar-refractivity contribution is 5.83. The maximum absolute atomic E-state index is 13.0. The molecule has 7 nitrogen and oxygen atoms in total. The van der Waals surface area contributed by atoms with Gasteiger partial charge in [0.15, 0.2) is 11.5 Å². The standard InChI is InChI=1S/C24H27N5O2/c30-23(24-13-16-10-17(14-24)12-18(11-16)15-24)25-8-9-31-21-7-6-20-26-27-22(29(20)28-21)19-4-2-1-3-5-19/h1-7,16-18H,8-15H2,(H,25,30). The van der Waals surface area contributed by atoms with Gasteiger partial charge in [0.2, 0.25) is 11.8 Å². The van der Waals surface area contributed by atoms with E-state index in [4.69, 9.17) is 4.74 Å². The molecule has 2 aromatic heterocycles. The van der Waals surface area contributed by atoms with Crippen LogP contribution in [0.5, 0.6) is 5.88 Å². The van der Waals surface area contributed by atoms with Crippen LogP contribution in [0.15, 0.2) is 42.5 Å². The predicted octanol–water partition coefficient (Wildman–Crippen LogP) is 3.50. The van der Waals surface area contributed by atoms with E-state index >= 15 is 0 Å². The lowest BCUT2D eigenvalue weighted by atomic mass is 9.49. The summed E-state index contributed by atoms with van der Waals surface area (Å²) in [6.07, 6.45) is 7.28. The normalized spacial score (nSPS) is 28.7. The van der Waals surface area contributed by atoms with E-state index in [1.165, 1.54) is 19.3 Å². The van der Waals surface area contributed by atoms with Crippen LogP contribution < -0.4 is 10.1 Å². The van der Waals surface area contributed by atoms with Crippen LogP contribution >= 0.6 is 0 Å². The number of hydrogen-bond acceptors (Lipinski definition) is 5. The Balaban J connectivity index is 1.09. The SMILES string of the molecule is O=C(NCCOc1ccc2nnc(-c3ccccc3)n2n1)C12CC3CC(CC(C3)C1)C2. The average molecular weight is 418 g/mol. The van der Waals surface area contributed by atoms with Gasteiger partial charge in [-0.2, -0.15) is 4.52 Å². The van der Waals surface area contributed by atoms with Gasteiger partial charge in [-0.3, -0.25) is 4.79 Å². The maximum atomic E-state index is 13.0. The first-order valence-corrected chi connectivity index (χ1v) is 11.4. The molecule has 31 heavy (non-hydrogen) atoms. The Bertz CT molecular complexity index is 1070. The second kappa shape index (κ2) is 7.32. The van der Waals surface area contributed by atoms with Gasteiger partial charge in [0.25, 0.3) is 0 Å². The summed E-state index contributed by atoms with van der Waals surface area (Å²) in [5.41, 5.74) is 1.50. The largest absolute Gasteiger partial charge is 0.475 e. The van der Waals surface area contributed by atoms with Crippen molar-refractivity contribution in [3.8, 4) is 17.3 Å². The lowest BCUT2D eigenvalue weighted by Gasteiger charge is -2.55. The molecule has 4 aliphatic rings. The summed E-state index contributed by atoms with van der Waals surface area (Å²) in [5.74, 6) is 3.72. The first-order valence-electron chi connectivity index (χ1n) is 11.4. The summed E-state index contributed by atoms with van der Waals surface area (Å²) in [4.78, 5) is 13.0. The number of nitrogens with zero attached hydrogens (tertiary/aromatic N) is 4. The van der Waals surface area contributed by atoms with Crippen molar-refractivity contribution in [1.82, 2.24) is 25.1 Å². The van der Waals surface area contributed by atoms with Crippen LogP contribution in [0.2, 0.25) is 0 Å². The van der Waals surface area contributed by atoms with Crippen molar-refractivity contribution in [2.24, 2.45) is 23.2 Å². The van der Waals surface area contributed by atoms with E-state index in [1.54, 1.807) is 10.6 Å². The van der Waals surface area contributed by atoms with Crippen LogP contribution in [-0.2, 0) is 4.79 Å². The van der Waals surface area contributed by atoms with Gasteiger partial charge in [-0.1, -0.05) is 30.3 Å². The number of fused-ring (bicyclic) bond motifs is 1. The third-order valence-electron chi connectivity index (χ3n) is 7.43. The van der Waals surface area contributed by atoms with Crippen LogP contribution in [0.1, 0.15) is 38.5 Å². The van der Waals surface area contributed by atoms with Crippen molar-refractivity contribution in [2.45, 2.75) is 38.5 Å². The topological polar surface area (TPSA) is 81.4 Å². The fourth-order valence-corrected chi connectivity index (χ4v) is 6.51. The highest BCUT2D eigenvalue weighted by Crippen LogP contribution is 2.60. The van der Waals surface area contributed by atoms with Crippen LogP contribution in [0.4, 0.5) is 0 Å². The van der Waals surface area contributed by atoms with Gasteiger partial charge in [-0.05, 0) is 62.3 Å². The highest BCUT2D eigenvalue weighted by atomic mass is 16.5. The van der Waals surface area contributed by atoms with E-state index in [2.05, 4.69) is 20.6 Å². The number of hydrogen-bond donors (Lipinski definition) is 1. The fraction of sp³-hybridized carbons (Fsp3) is 0.500. The number of nitrogens with one attached hydrogen (secondary N) is 1. The van der Waals surface area contributed by atoms with E-state index in [0.29, 0.717) is 30.5 Å². The van der Waals surface area contributed by atoms with Gasteiger partial charge < -0.3 is 10.1 Å². The minimum absolute atomic E-state index is 0.112. The molecule has 0 atom stereocenters. The zero-order chi connectivity index (χ0) is 20.8. The molecule has 1 aromatic carbocycles. The molecule has 0 unspecified atom stereocenters. The number of aromatic nitrogens is 4. The molecule has 4 fully saturated rings. The summed E-state index contributed by atoms with van der Waals surface area (Å²) < 4.78 is 7.53. The molecular weight excluding hydrogens is 390 g/mol. The Morgan fingerprint density at radius 1 is 1.00 bits per heavy atom. The van der Waals surface area contributed by atoms with E-state index in [9.17, 15) is 4.79 Å². The fourth-order valence-electron chi connectivity index (χ4n) is 6.51. The van der Waals surface area contributed by atoms with Crippen LogP contribution in [-0.4, -0.2) is 38.9 Å². The molecule has 4 bridgehead atoms. The smallest absolute Gasteiger partial charge is 0.231 e. The van der Waals surface area contributed by atoms with Gasteiger partial charge >= 0.3 is 0 Å². The van der Waals surface area contributed by atoms with Crippen molar-refractivity contribution < 1.29 is 9.53 Å². The van der Waals surface area contributed by atoms with E-state index in [1.807, 2.05) is 36.4 Å². The van der Waals surface area contributed by atoms with Gasteiger partial charge in [-0.15, -0.1) is 15.3 Å².